The van der Waals surface area contributed by atoms with Gasteiger partial charge in [0.05, 0.1) is 18.6 Å². The van der Waals surface area contributed by atoms with Crippen LogP contribution in [-0.2, 0) is 16.2 Å². The minimum Gasteiger partial charge on any atom is -0.508 e. The number of rotatable bonds is 6. The molecule has 2 N–H and O–H groups in total. The highest BCUT2D eigenvalue weighted by Gasteiger charge is 2.45. The molecule has 8 heteroatoms. The minimum atomic E-state index is -0.864. The van der Waals surface area contributed by atoms with Crippen LogP contribution < -0.4 is 10.4 Å². The van der Waals surface area contributed by atoms with E-state index in [2.05, 4.69) is 5.48 Å². The van der Waals surface area contributed by atoms with E-state index in [1.165, 1.54) is 17.0 Å². The Hall–Kier alpha value is -3.84. The lowest BCUT2D eigenvalue weighted by Gasteiger charge is -2.42. The summed E-state index contributed by atoms with van der Waals surface area (Å²) < 4.78 is 0. The number of nitrogens with one attached hydrogen (secondary N) is 1. The zero-order valence-corrected chi connectivity index (χ0v) is 21.0. The predicted octanol–water partition coefficient (Wildman–Crippen LogP) is 6.43. The van der Waals surface area contributed by atoms with Gasteiger partial charge in [-0.2, -0.15) is 0 Å². The molecule has 4 aromatic rings. The van der Waals surface area contributed by atoms with E-state index in [-0.39, 0.29) is 18.3 Å². The van der Waals surface area contributed by atoms with E-state index in [4.69, 9.17) is 28.0 Å². The molecule has 0 saturated carbocycles. The van der Waals surface area contributed by atoms with Gasteiger partial charge < -0.3 is 5.11 Å². The summed E-state index contributed by atoms with van der Waals surface area (Å²) in [5.74, 6) is -1.54. The molecule has 1 aliphatic heterocycles. The standard InChI is InChI=1S/C29H22Cl2N2O4/c30-19-10-15-24(25(31)16-19)27-26(28(35)32-37-17-18-6-2-1-3-7-18)22-8-4-5-9-23(22)29(36)33(27)20-11-13-21(34)14-12-20/h1-16,26-27,34H,17H2,(H,32,35)/t26-,27+/m1/s1. The number of carbonyl (C=O) groups excluding carboxylic acids is 2. The minimum absolute atomic E-state index is 0.0540. The first-order valence-electron chi connectivity index (χ1n) is 11.6. The molecule has 0 unspecified atom stereocenters. The molecule has 1 heterocycles. The number of hydroxylamine groups is 1. The van der Waals surface area contributed by atoms with Gasteiger partial charge in [0.25, 0.3) is 11.8 Å². The molecule has 5 rings (SSSR count). The Balaban J connectivity index is 1.60. The highest BCUT2D eigenvalue weighted by Crippen LogP contribution is 2.47. The Kier molecular flexibility index (Phi) is 7.15. The molecule has 0 fully saturated rings. The van der Waals surface area contributed by atoms with Gasteiger partial charge in [-0.1, -0.05) is 77.8 Å². The van der Waals surface area contributed by atoms with Crippen molar-refractivity contribution in [3.05, 3.63) is 129 Å². The molecule has 0 spiro atoms. The summed E-state index contributed by atoms with van der Waals surface area (Å²) in [5.41, 5.74) is 5.46. The van der Waals surface area contributed by atoms with Gasteiger partial charge in [0, 0.05) is 21.3 Å². The third-order valence-corrected chi connectivity index (χ3v) is 6.85. The van der Waals surface area contributed by atoms with Crippen LogP contribution in [0.3, 0.4) is 0 Å². The summed E-state index contributed by atoms with van der Waals surface area (Å²) in [4.78, 5) is 34.7. The molecule has 0 radical (unpaired) electrons. The number of anilines is 1. The normalized spacial score (nSPS) is 16.8. The molecular weight excluding hydrogens is 511 g/mol. The number of benzene rings is 4. The van der Waals surface area contributed by atoms with Gasteiger partial charge in [-0.15, -0.1) is 0 Å². The van der Waals surface area contributed by atoms with Crippen molar-refractivity contribution in [1.82, 2.24) is 5.48 Å². The monoisotopic (exact) mass is 532 g/mol. The van der Waals surface area contributed by atoms with Crippen molar-refractivity contribution in [2.45, 2.75) is 18.6 Å². The summed E-state index contributed by atoms with van der Waals surface area (Å²) in [5, 5.41) is 10.6. The van der Waals surface area contributed by atoms with Crippen LogP contribution in [0.25, 0.3) is 0 Å². The molecule has 4 aromatic carbocycles. The fourth-order valence-corrected chi connectivity index (χ4v) is 5.12. The van der Waals surface area contributed by atoms with Gasteiger partial charge in [0.15, 0.2) is 0 Å². The zero-order valence-electron chi connectivity index (χ0n) is 19.5. The fraction of sp³-hybridized carbons (Fsp3) is 0.103. The van der Waals surface area contributed by atoms with E-state index in [1.54, 1.807) is 54.6 Å². The summed E-state index contributed by atoms with van der Waals surface area (Å²) in [6, 6.07) is 26.8. The third kappa shape index (κ3) is 5.04. The smallest absolute Gasteiger partial charge is 0.259 e. The van der Waals surface area contributed by atoms with E-state index in [0.717, 1.165) is 5.56 Å². The van der Waals surface area contributed by atoms with Gasteiger partial charge in [0.2, 0.25) is 0 Å². The average molecular weight is 533 g/mol. The second-order valence-electron chi connectivity index (χ2n) is 8.61. The molecule has 1 aliphatic rings. The van der Waals surface area contributed by atoms with E-state index in [1.807, 2.05) is 30.3 Å². The molecule has 186 valence electrons. The van der Waals surface area contributed by atoms with Crippen molar-refractivity contribution >= 4 is 40.7 Å². The molecule has 0 saturated heterocycles. The number of halogens is 2. The van der Waals surface area contributed by atoms with Crippen LogP contribution in [0.4, 0.5) is 5.69 Å². The Labute approximate surface area is 224 Å². The van der Waals surface area contributed by atoms with E-state index < -0.39 is 17.9 Å². The maximum absolute atomic E-state index is 13.9. The molecule has 6 nitrogen and oxygen atoms in total. The molecule has 0 aromatic heterocycles. The number of hydrogen-bond acceptors (Lipinski definition) is 4. The number of carbonyl (C=O) groups is 2. The molecule has 0 aliphatic carbocycles. The third-order valence-electron chi connectivity index (χ3n) is 6.28. The van der Waals surface area contributed by atoms with Crippen molar-refractivity contribution in [3.8, 4) is 5.75 Å². The van der Waals surface area contributed by atoms with Crippen LogP contribution in [0.15, 0.2) is 97.1 Å². The summed E-state index contributed by atoms with van der Waals surface area (Å²) in [6.07, 6.45) is 0. The lowest BCUT2D eigenvalue weighted by Crippen LogP contribution is -2.47. The second-order valence-corrected chi connectivity index (χ2v) is 9.45. The number of amides is 2. The maximum Gasteiger partial charge on any atom is 0.259 e. The maximum atomic E-state index is 13.9. The molecule has 2 amide bonds. The van der Waals surface area contributed by atoms with Gasteiger partial charge in [-0.25, -0.2) is 5.48 Å². The fourth-order valence-electron chi connectivity index (χ4n) is 4.60. The van der Waals surface area contributed by atoms with Crippen LogP contribution in [0.2, 0.25) is 10.0 Å². The highest BCUT2D eigenvalue weighted by molar-refractivity contribution is 6.35. The Morgan fingerprint density at radius 3 is 2.32 bits per heavy atom. The Morgan fingerprint density at radius 1 is 0.892 bits per heavy atom. The summed E-state index contributed by atoms with van der Waals surface area (Å²) >= 11 is 12.8. The topological polar surface area (TPSA) is 78.9 Å². The Bertz CT molecular complexity index is 1440. The molecule has 37 heavy (non-hydrogen) atoms. The number of aromatic hydroxyl groups is 1. The summed E-state index contributed by atoms with van der Waals surface area (Å²) in [7, 11) is 0. The van der Waals surface area contributed by atoms with Crippen molar-refractivity contribution in [1.29, 1.82) is 0 Å². The molecular formula is C29H22Cl2N2O4. The van der Waals surface area contributed by atoms with E-state index in [0.29, 0.717) is 32.4 Å². The van der Waals surface area contributed by atoms with Crippen LogP contribution in [0.1, 0.15) is 39.0 Å². The number of phenolic OH excluding ortho intramolecular Hbond substituents is 1. The zero-order chi connectivity index (χ0) is 25.9. The largest absolute Gasteiger partial charge is 0.508 e. The van der Waals surface area contributed by atoms with Crippen molar-refractivity contribution in [3.63, 3.8) is 0 Å². The van der Waals surface area contributed by atoms with Crippen molar-refractivity contribution in [2.75, 3.05) is 4.90 Å². The van der Waals surface area contributed by atoms with Crippen LogP contribution in [0, 0.1) is 0 Å². The van der Waals surface area contributed by atoms with Gasteiger partial charge in [0.1, 0.15) is 5.75 Å². The number of hydrogen-bond donors (Lipinski definition) is 2. The predicted molar refractivity (Wildman–Crippen MR) is 143 cm³/mol. The lowest BCUT2D eigenvalue weighted by molar-refractivity contribution is -0.136. The number of phenols is 1. The van der Waals surface area contributed by atoms with Crippen LogP contribution in [-0.4, -0.2) is 16.9 Å². The average Bonchev–Trinajstić information content (AvgIpc) is 2.90. The summed E-state index contributed by atoms with van der Waals surface area (Å²) in [6.45, 7) is 0.175. The Morgan fingerprint density at radius 2 is 1.59 bits per heavy atom. The molecule has 0 bridgehead atoms. The first kappa shape index (κ1) is 24.8. The van der Waals surface area contributed by atoms with Crippen molar-refractivity contribution < 1.29 is 19.5 Å². The van der Waals surface area contributed by atoms with Gasteiger partial charge in [-0.3, -0.25) is 19.3 Å². The van der Waals surface area contributed by atoms with Crippen molar-refractivity contribution in [2.24, 2.45) is 0 Å². The highest BCUT2D eigenvalue weighted by atomic mass is 35.5. The van der Waals surface area contributed by atoms with E-state index in [9.17, 15) is 14.7 Å². The number of fused-ring (bicyclic) bond motifs is 1. The number of nitrogens with zero attached hydrogens (tertiary/aromatic N) is 1. The lowest BCUT2D eigenvalue weighted by atomic mass is 9.79. The second kappa shape index (κ2) is 10.6. The van der Waals surface area contributed by atoms with Gasteiger partial charge in [-0.05, 0) is 59.2 Å². The van der Waals surface area contributed by atoms with Crippen LogP contribution >= 0.6 is 23.2 Å². The quantitative estimate of drug-likeness (QED) is 0.280. The van der Waals surface area contributed by atoms with Crippen LogP contribution in [0.5, 0.6) is 5.75 Å². The van der Waals surface area contributed by atoms with Gasteiger partial charge >= 0.3 is 0 Å². The SMILES string of the molecule is O=C(NOCc1ccccc1)[C@@H]1c2ccccc2C(=O)N(c2ccc(O)cc2)[C@H]1c1ccc(Cl)cc1Cl. The molecule has 2 atom stereocenters. The first-order valence-corrected chi connectivity index (χ1v) is 12.3. The first-order chi connectivity index (χ1) is 17.9. The van der Waals surface area contributed by atoms with E-state index >= 15 is 0 Å².